The van der Waals surface area contributed by atoms with E-state index in [4.69, 9.17) is 5.11 Å². The fourth-order valence-electron chi connectivity index (χ4n) is 1.21. The third-order valence-corrected chi connectivity index (χ3v) is 2.87. The van der Waals surface area contributed by atoms with E-state index in [2.05, 4.69) is 20.2 Å². The number of hydrogen-bond acceptors (Lipinski definition) is 5. The average Bonchev–Trinajstić information content (AvgIpc) is 2.75. The molecule has 2 rings (SSSR count). The zero-order chi connectivity index (χ0) is 13.0. The lowest BCUT2D eigenvalue weighted by Crippen LogP contribution is -1.97. The van der Waals surface area contributed by atoms with E-state index in [0.717, 1.165) is 17.3 Å². The Bertz CT molecular complexity index is 580. The van der Waals surface area contributed by atoms with Gasteiger partial charge in [0.1, 0.15) is 10.7 Å². The first-order valence-electron chi connectivity index (χ1n) is 5.07. The molecule has 6 nitrogen and oxygen atoms in total. The third-order valence-electron chi connectivity index (χ3n) is 1.99. The standard InChI is InChI=1S/C11H10N4O2S/c1-7-13-11(15-14-7)18-9(10(16)17)6-8-2-4-12-5-3-8/h2-6H,1H3,(H,16,17)(H,13,14,15)/b9-6-. The number of carboxylic acids is 1. The molecule has 7 heteroatoms. The van der Waals surface area contributed by atoms with Crippen LogP contribution < -0.4 is 0 Å². The molecule has 0 saturated carbocycles. The first kappa shape index (κ1) is 12.3. The molecule has 0 aromatic carbocycles. The Kier molecular flexibility index (Phi) is 3.73. The van der Waals surface area contributed by atoms with E-state index in [1.54, 1.807) is 37.5 Å². The number of aromatic amines is 1. The van der Waals surface area contributed by atoms with Crippen LogP contribution in [0.2, 0.25) is 0 Å². The van der Waals surface area contributed by atoms with Crippen LogP contribution in [0, 0.1) is 6.92 Å². The number of H-pyrrole nitrogens is 1. The molecule has 0 aliphatic heterocycles. The monoisotopic (exact) mass is 262 g/mol. The smallest absolute Gasteiger partial charge is 0.342 e. The van der Waals surface area contributed by atoms with Crippen molar-refractivity contribution in [3.05, 3.63) is 40.8 Å². The molecule has 0 bridgehead atoms. The minimum Gasteiger partial charge on any atom is -0.477 e. The minimum atomic E-state index is -1.01. The van der Waals surface area contributed by atoms with Gasteiger partial charge in [0.15, 0.2) is 0 Å². The van der Waals surface area contributed by atoms with Gasteiger partial charge >= 0.3 is 5.97 Å². The normalized spacial score (nSPS) is 11.5. The number of pyridine rings is 1. The molecule has 18 heavy (non-hydrogen) atoms. The summed E-state index contributed by atoms with van der Waals surface area (Å²) in [4.78, 5) is 19.2. The molecule has 0 fully saturated rings. The van der Waals surface area contributed by atoms with Crippen LogP contribution in [0.3, 0.4) is 0 Å². The third kappa shape index (κ3) is 3.17. The maximum Gasteiger partial charge on any atom is 0.342 e. The summed E-state index contributed by atoms with van der Waals surface area (Å²) < 4.78 is 0. The highest BCUT2D eigenvalue weighted by atomic mass is 32.2. The molecule has 2 heterocycles. The molecule has 0 spiro atoms. The highest BCUT2D eigenvalue weighted by molar-refractivity contribution is 8.04. The molecule has 0 atom stereocenters. The van der Waals surface area contributed by atoms with Crippen molar-refractivity contribution in [2.45, 2.75) is 12.1 Å². The Labute approximate surface area is 107 Å². The molecule has 0 unspecified atom stereocenters. The first-order valence-corrected chi connectivity index (χ1v) is 5.88. The van der Waals surface area contributed by atoms with Crippen molar-refractivity contribution in [1.29, 1.82) is 0 Å². The van der Waals surface area contributed by atoms with E-state index in [1.807, 2.05) is 0 Å². The SMILES string of the molecule is Cc1nc(S/C(=C\c2ccncc2)C(=O)O)n[nH]1. The molecular weight excluding hydrogens is 252 g/mol. The second kappa shape index (κ2) is 5.46. The predicted octanol–water partition coefficient (Wildman–Crippen LogP) is 1.73. The summed E-state index contributed by atoms with van der Waals surface area (Å²) in [5, 5.41) is 16.1. The predicted molar refractivity (Wildman–Crippen MR) is 66.8 cm³/mol. The second-order valence-electron chi connectivity index (χ2n) is 3.40. The summed E-state index contributed by atoms with van der Waals surface area (Å²) >= 11 is 1.00. The molecule has 0 aliphatic rings. The lowest BCUT2D eigenvalue weighted by Gasteiger charge is -1.98. The Hall–Kier alpha value is -2.15. The number of rotatable bonds is 4. The van der Waals surface area contributed by atoms with Gasteiger partial charge in [0, 0.05) is 12.4 Å². The number of aryl methyl sites for hydroxylation is 1. The van der Waals surface area contributed by atoms with Gasteiger partial charge in [0.25, 0.3) is 0 Å². The number of nitrogens with zero attached hydrogens (tertiary/aromatic N) is 3. The summed E-state index contributed by atoms with van der Waals surface area (Å²) in [5.74, 6) is -0.370. The molecule has 2 aromatic rings. The van der Waals surface area contributed by atoms with E-state index in [0.29, 0.717) is 11.0 Å². The van der Waals surface area contributed by atoms with Crippen molar-refractivity contribution in [2.24, 2.45) is 0 Å². The Morgan fingerprint density at radius 2 is 2.17 bits per heavy atom. The quantitative estimate of drug-likeness (QED) is 0.644. The van der Waals surface area contributed by atoms with Gasteiger partial charge in [0.2, 0.25) is 5.16 Å². The van der Waals surface area contributed by atoms with Crippen molar-refractivity contribution < 1.29 is 9.90 Å². The molecule has 0 amide bonds. The van der Waals surface area contributed by atoms with E-state index in [-0.39, 0.29) is 4.91 Å². The van der Waals surface area contributed by atoms with Crippen molar-refractivity contribution in [2.75, 3.05) is 0 Å². The van der Waals surface area contributed by atoms with Gasteiger partial charge in [-0.3, -0.25) is 10.1 Å². The van der Waals surface area contributed by atoms with Gasteiger partial charge < -0.3 is 5.11 Å². The van der Waals surface area contributed by atoms with Crippen LogP contribution in [0.25, 0.3) is 6.08 Å². The van der Waals surface area contributed by atoms with Crippen LogP contribution in [-0.4, -0.2) is 31.2 Å². The second-order valence-corrected chi connectivity index (χ2v) is 4.41. The van der Waals surface area contributed by atoms with Crippen LogP contribution in [0.1, 0.15) is 11.4 Å². The molecule has 2 N–H and O–H groups in total. The molecule has 92 valence electrons. The fourth-order valence-corrected chi connectivity index (χ4v) is 1.96. The zero-order valence-corrected chi connectivity index (χ0v) is 10.3. The molecule has 0 aliphatic carbocycles. The Morgan fingerprint density at radius 1 is 1.44 bits per heavy atom. The number of nitrogens with one attached hydrogen (secondary N) is 1. The molecule has 0 radical (unpaired) electrons. The minimum absolute atomic E-state index is 0.153. The Morgan fingerprint density at radius 3 is 2.72 bits per heavy atom. The van der Waals surface area contributed by atoms with Crippen LogP contribution in [-0.2, 0) is 4.79 Å². The van der Waals surface area contributed by atoms with Crippen LogP contribution in [0.15, 0.2) is 34.6 Å². The van der Waals surface area contributed by atoms with E-state index in [1.165, 1.54) is 0 Å². The number of hydrogen-bond donors (Lipinski definition) is 2. The van der Waals surface area contributed by atoms with Gasteiger partial charge in [-0.05, 0) is 42.5 Å². The van der Waals surface area contributed by atoms with Crippen LogP contribution >= 0.6 is 11.8 Å². The summed E-state index contributed by atoms with van der Waals surface area (Å²) in [6.45, 7) is 1.75. The maximum absolute atomic E-state index is 11.1. The van der Waals surface area contributed by atoms with Crippen LogP contribution in [0.4, 0.5) is 0 Å². The summed E-state index contributed by atoms with van der Waals surface area (Å²) in [5.41, 5.74) is 0.766. The van der Waals surface area contributed by atoms with Gasteiger partial charge in [0.05, 0.1) is 0 Å². The molecule has 0 saturated heterocycles. The van der Waals surface area contributed by atoms with Gasteiger partial charge in [-0.25, -0.2) is 9.78 Å². The summed E-state index contributed by atoms with van der Waals surface area (Å²) in [7, 11) is 0. The zero-order valence-electron chi connectivity index (χ0n) is 9.49. The summed E-state index contributed by atoms with van der Waals surface area (Å²) in [6, 6.07) is 3.46. The highest BCUT2D eigenvalue weighted by Crippen LogP contribution is 2.25. The largest absolute Gasteiger partial charge is 0.477 e. The first-order chi connectivity index (χ1) is 8.65. The van der Waals surface area contributed by atoms with E-state index >= 15 is 0 Å². The number of aromatic nitrogens is 4. The Balaban J connectivity index is 2.24. The maximum atomic E-state index is 11.1. The van der Waals surface area contributed by atoms with E-state index < -0.39 is 5.97 Å². The topological polar surface area (TPSA) is 91.8 Å². The van der Waals surface area contributed by atoms with Gasteiger partial charge in [-0.2, -0.15) is 0 Å². The lowest BCUT2D eigenvalue weighted by atomic mass is 10.2. The van der Waals surface area contributed by atoms with E-state index in [9.17, 15) is 4.79 Å². The number of carboxylic acid groups (broad SMARTS) is 1. The fraction of sp³-hybridized carbons (Fsp3) is 0.0909. The van der Waals surface area contributed by atoms with Crippen molar-refractivity contribution in [1.82, 2.24) is 20.2 Å². The van der Waals surface area contributed by atoms with Crippen molar-refractivity contribution >= 4 is 23.8 Å². The van der Waals surface area contributed by atoms with Crippen LogP contribution in [0.5, 0.6) is 0 Å². The number of aliphatic carboxylic acids is 1. The molecule has 2 aromatic heterocycles. The highest BCUT2D eigenvalue weighted by Gasteiger charge is 2.12. The van der Waals surface area contributed by atoms with Gasteiger partial charge in [-0.15, -0.1) is 5.10 Å². The van der Waals surface area contributed by atoms with Crippen molar-refractivity contribution in [3.8, 4) is 0 Å². The number of thioether (sulfide) groups is 1. The summed E-state index contributed by atoms with van der Waals surface area (Å²) in [6.07, 6.45) is 4.76. The molecular formula is C11H10N4O2S. The van der Waals surface area contributed by atoms with Crippen molar-refractivity contribution in [3.63, 3.8) is 0 Å². The lowest BCUT2D eigenvalue weighted by molar-refractivity contribution is -0.131. The van der Waals surface area contributed by atoms with Gasteiger partial charge in [-0.1, -0.05) is 0 Å². The average molecular weight is 262 g/mol. The number of carbonyl (C=O) groups is 1.